The quantitative estimate of drug-likeness (QED) is 0.393. The van der Waals surface area contributed by atoms with Crippen molar-refractivity contribution in [3.05, 3.63) is 89.4 Å². The summed E-state index contributed by atoms with van der Waals surface area (Å²) in [5.41, 5.74) is 3.92. The third-order valence-corrected chi connectivity index (χ3v) is 10.4. The van der Waals surface area contributed by atoms with Crippen molar-refractivity contribution in [2.45, 2.75) is 49.9 Å². The van der Waals surface area contributed by atoms with Crippen LogP contribution in [0.3, 0.4) is 0 Å². The van der Waals surface area contributed by atoms with Gasteiger partial charge in [-0.3, -0.25) is 9.59 Å². The molecule has 1 N–H and O–H groups in total. The van der Waals surface area contributed by atoms with Gasteiger partial charge in [-0.25, -0.2) is 0 Å². The smallest absolute Gasteiger partial charge is 0.255 e. The number of carbonyl (C=O) groups is 2. The fourth-order valence-corrected chi connectivity index (χ4v) is 8.92. The van der Waals surface area contributed by atoms with Crippen LogP contribution < -0.4 is 5.32 Å². The minimum Gasteiger partial charge on any atom is -0.467 e. The van der Waals surface area contributed by atoms with Gasteiger partial charge in [-0.15, -0.1) is 11.8 Å². The lowest BCUT2D eigenvalue weighted by atomic mass is 9.51. The number of anilines is 1. The lowest BCUT2D eigenvalue weighted by Crippen LogP contribution is -2.43. The van der Waals surface area contributed by atoms with Gasteiger partial charge in [0.1, 0.15) is 11.1 Å². The molecule has 2 amide bonds. The third-order valence-electron chi connectivity index (χ3n) is 9.11. The number of amides is 2. The molecule has 0 spiro atoms. The van der Waals surface area contributed by atoms with Crippen LogP contribution in [-0.4, -0.2) is 22.5 Å². The molecule has 3 aromatic rings. The number of nitrogens with one attached hydrogen (secondary N) is 1. The number of thioether (sulfide) groups is 1. The first-order chi connectivity index (χ1) is 18.1. The molecule has 1 saturated heterocycles. The summed E-state index contributed by atoms with van der Waals surface area (Å²) in [6.07, 6.45) is 8.77. The lowest BCUT2D eigenvalue weighted by molar-refractivity contribution is -0.128. The largest absolute Gasteiger partial charge is 0.467 e. The maximum atomic E-state index is 13.0. The Labute approximate surface area is 222 Å². The van der Waals surface area contributed by atoms with Crippen LogP contribution in [0, 0.1) is 23.7 Å². The fraction of sp³-hybridized carbons (Fsp3) is 0.419. The van der Waals surface area contributed by atoms with E-state index in [-0.39, 0.29) is 17.2 Å². The molecule has 1 aliphatic heterocycles. The second-order valence-electron chi connectivity index (χ2n) is 11.4. The SMILES string of the molecule is O=C(Nc1ccc(C2C3CC4CC(C3)CC2C4)cc1)c1ccc([C@H]2SCC(=O)N2Cc2ccco2)cc1. The zero-order valence-electron chi connectivity index (χ0n) is 20.8. The van der Waals surface area contributed by atoms with Crippen molar-refractivity contribution in [3.8, 4) is 0 Å². The molecule has 4 aliphatic carbocycles. The van der Waals surface area contributed by atoms with E-state index in [4.69, 9.17) is 4.42 Å². The summed E-state index contributed by atoms with van der Waals surface area (Å²) in [7, 11) is 0. The van der Waals surface area contributed by atoms with Crippen molar-refractivity contribution < 1.29 is 14.0 Å². The third kappa shape index (κ3) is 4.39. The van der Waals surface area contributed by atoms with Crippen LogP contribution in [-0.2, 0) is 11.3 Å². The molecule has 1 atom stereocenters. The van der Waals surface area contributed by atoms with Gasteiger partial charge in [-0.1, -0.05) is 24.3 Å². The lowest BCUT2D eigenvalue weighted by Gasteiger charge is -2.54. The summed E-state index contributed by atoms with van der Waals surface area (Å²) in [5.74, 6) is 5.60. The number of benzene rings is 2. The second-order valence-corrected chi connectivity index (χ2v) is 12.5. The van der Waals surface area contributed by atoms with Gasteiger partial charge in [0, 0.05) is 11.3 Å². The highest BCUT2D eigenvalue weighted by Gasteiger charge is 2.48. The Kier molecular flexibility index (Phi) is 5.88. The fourth-order valence-electron chi connectivity index (χ4n) is 7.73. The summed E-state index contributed by atoms with van der Waals surface area (Å²) in [4.78, 5) is 27.3. The Morgan fingerprint density at radius 2 is 1.57 bits per heavy atom. The van der Waals surface area contributed by atoms with Crippen LogP contribution in [0.4, 0.5) is 5.69 Å². The van der Waals surface area contributed by atoms with Crippen molar-refractivity contribution in [1.29, 1.82) is 0 Å². The van der Waals surface area contributed by atoms with E-state index in [0.29, 0.717) is 23.8 Å². The molecule has 1 aromatic heterocycles. The molecule has 6 heteroatoms. The van der Waals surface area contributed by atoms with Crippen LogP contribution in [0.15, 0.2) is 71.3 Å². The summed E-state index contributed by atoms with van der Waals surface area (Å²) in [6.45, 7) is 0.450. The van der Waals surface area contributed by atoms with Gasteiger partial charge in [0.25, 0.3) is 5.91 Å². The molecule has 4 bridgehead atoms. The molecule has 5 aliphatic rings. The molecule has 5 nitrogen and oxygen atoms in total. The van der Waals surface area contributed by atoms with Crippen molar-refractivity contribution >= 4 is 29.3 Å². The topological polar surface area (TPSA) is 62.6 Å². The molecule has 0 unspecified atom stereocenters. The number of hydrogen-bond acceptors (Lipinski definition) is 4. The van der Waals surface area contributed by atoms with E-state index in [1.54, 1.807) is 18.0 Å². The number of rotatable bonds is 6. The highest BCUT2D eigenvalue weighted by atomic mass is 32.2. The van der Waals surface area contributed by atoms with E-state index in [9.17, 15) is 9.59 Å². The molecular formula is C31H32N2O3S. The van der Waals surface area contributed by atoms with Crippen molar-refractivity contribution in [1.82, 2.24) is 4.90 Å². The maximum Gasteiger partial charge on any atom is 0.255 e. The van der Waals surface area contributed by atoms with E-state index in [0.717, 1.165) is 40.7 Å². The molecule has 0 radical (unpaired) electrons. The van der Waals surface area contributed by atoms with Gasteiger partial charge >= 0.3 is 0 Å². The number of carbonyl (C=O) groups excluding carboxylic acids is 2. The molecule has 37 heavy (non-hydrogen) atoms. The Balaban J connectivity index is 1.00. The summed E-state index contributed by atoms with van der Waals surface area (Å²) < 4.78 is 5.45. The molecule has 4 saturated carbocycles. The van der Waals surface area contributed by atoms with E-state index >= 15 is 0 Å². The summed E-state index contributed by atoms with van der Waals surface area (Å²) in [5, 5.41) is 2.99. The Morgan fingerprint density at radius 1 is 0.892 bits per heavy atom. The minimum atomic E-state index is -0.114. The Hall–Kier alpha value is -2.99. The number of furan rings is 1. The Morgan fingerprint density at radius 3 is 2.22 bits per heavy atom. The van der Waals surface area contributed by atoms with E-state index in [2.05, 4.69) is 29.6 Å². The molecule has 2 aromatic carbocycles. The first-order valence-electron chi connectivity index (χ1n) is 13.6. The van der Waals surface area contributed by atoms with Crippen LogP contribution in [0.25, 0.3) is 0 Å². The van der Waals surface area contributed by atoms with Gasteiger partial charge in [0.2, 0.25) is 5.91 Å². The Bertz CT molecular complexity index is 1260. The first kappa shape index (κ1) is 23.2. The van der Waals surface area contributed by atoms with Crippen LogP contribution >= 0.6 is 11.8 Å². The minimum absolute atomic E-state index is 0.0765. The van der Waals surface area contributed by atoms with Gasteiger partial charge < -0.3 is 14.6 Å². The van der Waals surface area contributed by atoms with Gasteiger partial charge in [-0.05, 0) is 109 Å². The zero-order valence-corrected chi connectivity index (χ0v) is 21.7. The predicted octanol–water partition coefficient (Wildman–Crippen LogP) is 6.85. The summed E-state index contributed by atoms with van der Waals surface area (Å²) in [6, 6.07) is 20.0. The second kappa shape index (κ2) is 9.39. The molecule has 2 heterocycles. The number of nitrogens with zero attached hydrogens (tertiary/aromatic N) is 1. The van der Waals surface area contributed by atoms with Crippen LogP contribution in [0.2, 0.25) is 0 Å². The van der Waals surface area contributed by atoms with E-state index in [1.807, 2.05) is 41.3 Å². The van der Waals surface area contributed by atoms with E-state index in [1.165, 1.54) is 37.7 Å². The molecular weight excluding hydrogens is 480 g/mol. The number of hydrogen-bond donors (Lipinski definition) is 1. The van der Waals surface area contributed by atoms with Crippen LogP contribution in [0.1, 0.15) is 70.6 Å². The van der Waals surface area contributed by atoms with E-state index < -0.39 is 0 Å². The summed E-state index contributed by atoms with van der Waals surface area (Å²) >= 11 is 1.61. The van der Waals surface area contributed by atoms with Gasteiger partial charge in [0.15, 0.2) is 0 Å². The highest BCUT2D eigenvalue weighted by molar-refractivity contribution is 8.00. The normalized spacial score (nSPS) is 30.2. The monoisotopic (exact) mass is 512 g/mol. The van der Waals surface area contributed by atoms with Gasteiger partial charge in [0.05, 0.1) is 18.6 Å². The highest BCUT2D eigenvalue weighted by Crippen LogP contribution is 2.59. The average Bonchev–Trinajstić information content (AvgIpc) is 3.55. The standard InChI is InChI=1S/C31H32N2O3S/c34-28-18-37-31(33(28)17-27-2-1-11-36-27)23-5-3-22(4-6-23)30(35)32-26-9-7-21(8-10-26)29-24-13-19-12-20(15-24)16-25(29)14-19/h1-11,19-20,24-25,29,31H,12-18H2,(H,32,35)/t19?,20?,24?,25?,29?,31-/m1/s1. The molecule has 190 valence electrons. The van der Waals surface area contributed by atoms with Crippen molar-refractivity contribution in [2.75, 3.05) is 11.1 Å². The van der Waals surface area contributed by atoms with Crippen molar-refractivity contribution in [3.63, 3.8) is 0 Å². The predicted molar refractivity (Wildman–Crippen MR) is 145 cm³/mol. The van der Waals surface area contributed by atoms with Crippen molar-refractivity contribution in [2.24, 2.45) is 23.7 Å². The van der Waals surface area contributed by atoms with Crippen LogP contribution in [0.5, 0.6) is 0 Å². The zero-order chi connectivity index (χ0) is 24.9. The van der Waals surface area contributed by atoms with Gasteiger partial charge in [-0.2, -0.15) is 0 Å². The maximum absolute atomic E-state index is 13.0. The molecule has 5 fully saturated rings. The average molecular weight is 513 g/mol. The first-order valence-corrected chi connectivity index (χ1v) is 14.6. The molecule has 8 rings (SSSR count).